The minimum atomic E-state index is -0.966. The molecule has 130 valence electrons. The van der Waals surface area contributed by atoms with Gasteiger partial charge >= 0.3 is 5.97 Å². The molecule has 2 aromatic carbocycles. The molecule has 2 atom stereocenters. The van der Waals surface area contributed by atoms with E-state index in [1.165, 1.54) is 6.92 Å². The number of hydrogen-bond acceptors (Lipinski definition) is 5. The van der Waals surface area contributed by atoms with E-state index in [1.807, 2.05) is 12.1 Å². The summed E-state index contributed by atoms with van der Waals surface area (Å²) in [7, 11) is 0. The Labute approximate surface area is 153 Å². The standard InChI is InChI=1S/C18H16BrNO5/c1-11(17(21)20-13-6-4-5-12(19)9-13)24-18(22)16-10-23-14-7-2-3-8-15(14)25-16/h2-9,11,16H,10H2,1H3,(H,20,21)/t11-,16+/m0/s1. The first kappa shape index (κ1) is 17.3. The molecular weight excluding hydrogens is 390 g/mol. The Balaban J connectivity index is 1.56. The van der Waals surface area contributed by atoms with Crippen molar-refractivity contribution < 1.29 is 23.8 Å². The summed E-state index contributed by atoms with van der Waals surface area (Å²) >= 11 is 3.33. The molecule has 1 aliphatic heterocycles. The number of halogens is 1. The van der Waals surface area contributed by atoms with Gasteiger partial charge in [-0.15, -0.1) is 0 Å². The summed E-state index contributed by atoms with van der Waals surface area (Å²) in [6.45, 7) is 1.54. The molecule has 0 aromatic heterocycles. The van der Waals surface area contributed by atoms with Gasteiger partial charge in [-0.3, -0.25) is 4.79 Å². The van der Waals surface area contributed by atoms with E-state index < -0.39 is 24.1 Å². The van der Waals surface area contributed by atoms with Crippen LogP contribution in [-0.2, 0) is 14.3 Å². The molecule has 0 radical (unpaired) electrons. The largest absolute Gasteiger partial charge is 0.485 e. The van der Waals surface area contributed by atoms with Crippen LogP contribution in [0.1, 0.15) is 6.92 Å². The first-order valence-electron chi connectivity index (χ1n) is 7.68. The van der Waals surface area contributed by atoms with Crippen LogP contribution < -0.4 is 14.8 Å². The lowest BCUT2D eigenvalue weighted by molar-refractivity contribution is -0.162. The maximum absolute atomic E-state index is 12.2. The lowest BCUT2D eigenvalue weighted by atomic mass is 10.2. The molecule has 1 N–H and O–H groups in total. The van der Waals surface area contributed by atoms with E-state index >= 15 is 0 Å². The molecule has 3 rings (SSSR count). The number of carbonyl (C=O) groups is 2. The topological polar surface area (TPSA) is 73.9 Å². The average molecular weight is 406 g/mol. The molecule has 0 bridgehead atoms. The highest BCUT2D eigenvalue weighted by atomic mass is 79.9. The van der Waals surface area contributed by atoms with Gasteiger partial charge in [-0.2, -0.15) is 0 Å². The van der Waals surface area contributed by atoms with Crippen LogP contribution in [0.3, 0.4) is 0 Å². The highest BCUT2D eigenvalue weighted by Gasteiger charge is 2.31. The van der Waals surface area contributed by atoms with E-state index in [0.717, 1.165) is 4.47 Å². The first-order valence-corrected chi connectivity index (χ1v) is 8.47. The fourth-order valence-electron chi connectivity index (χ4n) is 2.25. The van der Waals surface area contributed by atoms with Gasteiger partial charge < -0.3 is 19.5 Å². The van der Waals surface area contributed by atoms with Crippen LogP contribution in [0, 0.1) is 0 Å². The lowest BCUT2D eigenvalue weighted by Crippen LogP contribution is -2.41. The van der Waals surface area contributed by atoms with Gasteiger partial charge in [-0.25, -0.2) is 4.79 Å². The van der Waals surface area contributed by atoms with Crippen LogP contribution in [0.15, 0.2) is 53.0 Å². The maximum atomic E-state index is 12.2. The van der Waals surface area contributed by atoms with Gasteiger partial charge in [-0.05, 0) is 37.3 Å². The predicted octanol–water partition coefficient (Wildman–Crippen LogP) is 3.16. The second-order valence-corrected chi connectivity index (χ2v) is 6.36. The zero-order valence-corrected chi connectivity index (χ0v) is 15.0. The second-order valence-electron chi connectivity index (χ2n) is 5.44. The molecule has 1 amide bonds. The molecule has 25 heavy (non-hydrogen) atoms. The number of nitrogens with one attached hydrogen (secondary N) is 1. The normalized spacial score (nSPS) is 16.6. The third-order valence-corrected chi connectivity index (χ3v) is 4.02. The molecule has 0 unspecified atom stereocenters. The Kier molecular flexibility index (Phi) is 5.23. The van der Waals surface area contributed by atoms with Crippen molar-refractivity contribution in [1.29, 1.82) is 0 Å². The quantitative estimate of drug-likeness (QED) is 0.790. The number of esters is 1. The number of carbonyl (C=O) groups excluding carboxylic acids is 2. The van der Waals surface area contributed by atoms with Crippen LogP contribution in [-0.4, -0.2) is 30.7 Å². The predicted molar refractivity (Wildman–Crippen MR) is 94.7 cm³/mol. The third-order valence-electron chi connectivity index (χ3n) is 3.53. The highest BCUT2D eigenvalue weighted by molar-refractivity contribution is 9.10. The molecule has 2 aromatic rings. The third kappa shape index (κ3) is 4.30. The number of hydrogen-bond donors (Lipinski definition) is 1. The Morgan fingerprint density at radius 2 is 1.96 bits per heavy atom. The van der Waals surface area contributed by atoms with Crippen LogP contribution >= 0.6 is 15.9 Å². The number of rotatable bonds is 4. The fourth-order valence-corrected chi connectivity index (χ4v) is 2.65. The molecule has 0 fully saturated rings. The number of amides is 1. The highest BCUT2D eigenvalue weighted by Crippen LogP contribution is 2.31. The molecule has 1 aliphatic rings. The number of para-hydroxylation sites is 2. The van der Waals surface area contributed by atoms with Crippen molar-refractivity contribution in [3.63, 3.8) is 0 Å². The van der Waals surface area contributed by atoms with E-state index in [1.54, 1.807) is 36.4 Å². The summed E-state index contributed by atoms with van der Waals surface area (Å²) < 4.78 is 17.1. The Bertz CT molecular complexity index is 795. The summed E-state index contributed by atoms with van der Waals surface area (Å²) in [6, 6.07) is 14.2. The van der Waals surface area contributed by atoms with Crippen molar-refractivity contribution in [2.24, 2.45) is 0 Å². The van der Waals surface area contributed by atoms with E-state index in [4.69, 9.17) is 14.2 Å². The second kappa shape index (κ2) is 7.57. The molecule has 1 heterocycles. The molecule has 7 heteroatoms. The van der Waals surface area contributed by atoms with Crippen molar-refractivity contribution in [2.45, 2.75) is 19.1 Å². The smallest absolute Gasteiger partial charge is 0.351 e. The number of ether oxygens (including phenoxy) is 3. The van der Waals surface area contributed by atoms with Crippen LogP contribution in [0.4, 0.5) is 5.69 Å². The maximum Gasteiger partial charge on any atom is 0.351 e. The van der Waals surface area contributed by atoms with Crippen molar-refractivity contribution in [1.82, 2.24) is 0 Å². The Morgan fingerprint density at radius 1 is 1.20 bits per heavy atom. The van der Waals surface area contributed by atoms with Crippen molar-refractivity contribution >= 4 is 33.5 Å². The molecular formula is C18H16BrNO5. The molecule has 0 saturated carbocycles. The molecule has 6 nitrogen and oxygen atoms in total. The SMILES string of the molecule is C[C@H](OC(=O)[C@H]1COc2ccccc2O1)C(=O)Nc1cccc(Br)c1. The van der Waals surface area contributed by atoms with Crippen molar-refractivity contribution in [2.75, 3.05) is 11.9 Å². The van der Waals surface area contributed by atoms with Gasteiger partial charge in [0.2, 0.25) is 6.10 Å². The molecule has 0 aliphatic carbocycles. The molecule has 0 spiro atoms. The molecule has 0 saturated heterocycles. The number of benzene rings is 2. The van der Waals surface area contributed by atoms with Crippen molar-refractivity contribution in [3.8, 4) is 11.5 Å². The summed E-state index contributed by atoms with van der Waals surface area (Å²) in [6.07, 6.45) is -1.87. The van der Waals surface area contributed by atoms with Gasteiger partial charge in [-0.1, -0.05) is 34.1 Å². The Hall–Kier alpha value is -2.54. The minimum Gasteiger partial charge on any atom is -0.485 e. The summed E-state index contributed by atoms with van der Waals surface area (Å²) in [4.78, 5) is 24.4. The zero-order chi connectivity index (χ0) is 17.8. The van der Waals surface area contributed by atoms with Gasteiger partial charge in [0, 0.05) is 10.2 Å². The van der Waals surface area contributed by atoms with Crippen LogP contribution in [0.2, 0.25) is 0 Å². The van der Waals surface area contributed by atoms with E-state index in [9.17, 15) is 9.59 Å². The average Bonchev–Trinajstić information content (AvgIpc) is 2.61. The van der Waals surface area contributed by atoms with Gasteiger partial charge in [0.15, 0.2) is 17.6 Å². The first-order chi connectivity index (χ1) is 12.0. The monoisotopic (exact) mass is 405 g/mol. The minimum absolute atomic E-state index is 0.0375. The van der Waals surface area contributed by atoms with Gasteiger partial charge in [0.1, 0.15) is 6.61 Å². The van der Waals surface area contributed by atoms with Crippen molar-refractivity contribution in [3.05, 3.63) is 53.0 Å². The number of fused-ring (bicyclic) bond motifs is 1. The zero-order valence-electron chi connectivity index (χ0n) is 13.4. The fraction of sp³-hybridized carbons (Fsp3) is 0.222. The lowest BCUT2D eigenvalue weighted by Gasteiger charge is -2.25. The van der Waals surface area contributed by atoms with E-state index in [-0.39, 0.29) is 6.61 Å². The van der Waals surface area contributed by atoms with Crippen LogP contribution in [0.25, 0.3) is 0 Å². The van der Waals surface area contributed by atoms with E-state index in [2.05, 4.69) is 21.2 Å². The summed E-state index contributed by atoms with van der Waals surface area (Å²) in [5.41, 5.74) is 0.605. The van der Waals surface area contributed by atoms with E-state index in [0.29, 0.717) is 17.2 Å². The number of anilines is 1. The summed E-state index contributed by atoms with van der Waals surface area (Å²) in [5.74, 6) is -0.0242. The van der Waals surface area contributed by atoms with Crippen LogP contribution in [0.5, 0.6) is 11.5 Å². The Morgan fingerprint density at radius 3 is 2.72 bits per heavy atom. The summed E-state index contributed by atoms with van der Waals surface area (Å²) in [5, 5.41) is 2.69. The van der Waals surface area contributed by atoms with Gasteiger partial charge in [0.25, 0.3) is 5.91 Å². The van der Waals surface area contributed by atoms with Gasteiger partial charge in [0.05, 0.1) is 0 Å².